The first kappa shape index (κ1) is 16.3. The van der Waals surface area contributed by atoms with Gasteiger partial charge in [-0.15, -0.1) is 11.3 Å². The molecule has 0 radical (unpaired) electrons. The van der Waals surface area contributed by atoms with E-state index >= 15 is 0 Å². The summed E-state index contributed by atoms with van der Waals surface area (Å²) in [4.78, 5) is 3.77. The molecule has 0 saturated carbocycles. The maximum atomic E-state index is 6.22. The third kappa shape index (κ3) is 4.73. The van der Waals surface area contributed by atoms with Crippen molar-refractivity contribution in [3.63, 3.8) is 0 Å². The van der Waals surface area contributed by atoms with Crippen LogP contribution in [0.25, 0.3) is 0 Å². The summed E-state index contributed by atoms with van der Waals surface area (Å²) in [5, 5.41) is 6.41. The summed E-state index contributed by atoms with van der Waals surface area (Å²) in [6.45, 7) is 8.22. The van der Waals surface area contributed by atoms with Gasteiger partial charge in [-0.05, 0) is 49.0 Å². The predicted molar refractivity (Wildman–Crippen MR) is 94.5 cm³/mol. The standard InChI is InChI=1S/C17H23ClN2S/c1-3-9-19-12-14-7-8-15(18)11-17(14)20(4-2)13-16-6-5-10-21-16/h5-8,10-11,19H,3-4,9,12-13H2,1-2H3. The summed E-state index contributed by atoms with van der Waals surface area (Å²) in [7, 11) is 0. The van der Waals surface area contributed by atoms with Gasteiger partial charge in [-0.25, -0.2) is 0 Å². The lowest BCUT2D eigenvalue weighted by molar-refractivity contribution is 0.672. The van der Waals surface area contributed by atoms with E-state index in [2.05, 4.69) is 53.7 Å². The lowest BCUT2D eigenvalue weighted by Crippen LogP contribution is -2.24. The first-order valence-corrected chi connectivity index (χ1v) is 8.76. The highest BCUT2D eigenvalue weighted by atomic mass is 35.5. The van der Waals surface area contributed by atoms with Gasteiger partial charge in [0.15, 0.2) is 0 Å². The Balaban J connectivity index is 2.19. The van der Waals surface area contributed by atoms with E-state index in [1.165, 1.54) is 16.1 Å². The molecule has 0 saturated heterocycles. The molecule has 2 aromatic rings. The Morgan fingerprint density at radius 2 is 2.10 bits per heavy atom. The molecule has 0 aliphatic rings. The van der Waals surface area contributed by atoms with Gasteiger partial charge < -0.3 is 10.2 Å². The number of anilines is 1. The first-order valence-electron chi connectivity index (χ1n) is 7.51. The van der Waals surface area contributed by atoms with Crippen molar-refractivity contribution in [2.45, 2.75) is 33.4 Å². The molecule has 0 spiro atoms. The van der Waals surface area contributed by atoms with E-state index in [-0.39, 0.29) is 0 Å². The van der Waals surface area contributed by atoms with E-state index < -0.39 is 0 Å². The van der Waals surface area contributed by atoms with Crippen molar-refractivity contribution in [1.29, 1.82) is 0 Å². The molecule has 2 nitrogen and oxygen atoms in total. The van der Waals surface area contributed by atoms with Gasteiger partial charge in [0.1, 0.15) is 0 Å². The smallest absolute Gasteiger partial charge is 0.0522 e. The van der Waals surface area contributed by atoms with Crippen LogP contribution < -0.4 is 10.2 Å². The molecule has 1 aromatic carbocycles. The highest BCUT2D eigenvalue weighted by Crippen LogP contribution is 2.27. The molecule has 1 heterocycles. The number of rotatable bonds is 8. The molecular formula is C17H23ClN2S. The second-order valence-electron chi connectivity index (χ2n) is 5.04. The Hall–Kier alpha value is -1.03. The van der Waals surface area contributed by atoms with Crippen LogP contribution in [0.4, 0.5) is 5.69 Å². The van der Waals surface area contributed by atoms with Crippen molar-refractivity contribution in [3.05, 3.63) is 51.2 Å². The van der Waals surface area contributed by atoms with Crippen molar-refractivity contribution in [3.8, 4) is 0 Å². The predicted octanol–water partition coefficient (Wildman–Crippen LogP) is 4.93. The molecule has 0 fully saturated rings. The molecule has 0 unspecified atom stereocenters. The average Bonchev–Trinajstić information content (AvgIpc) is 2.99. The second kappa shape index (κ2) is 8.42. The topological polar surface area (TPSA) is 15.3 Å². The highest BCUT2D eigenvalue weighted by molar-refractivity contribution is 7.09. The minimum Gasteiger partial charge on any atom is -0.366 e. The van der Waals surface area contributed by atoms with Crippen LogP contribution in [0, 0.1) is 0 Å². The fourth-order valence-electron chi connectivity index (χ4n) is 2.34. The summed E-state index contributed by atoms with van der Waals surface area (Å²) in [6, 6.07) is 10.5. The Bertz CT molecular complexity index is 540. The van der Waals surface area contributed by atoms with Gasteiger partial charge in [0.05, 0.1) is 6.54 Å². The molecule has 4 heteroatoms. The molecule has 2 rings (SSSR count). The number of benzene rings is 1. The molecule has 21 heavy (non-hydrogen) atoms. The Morgan fingerprint density at radius 3 is 2.76 bits per heavy atom. The summed E-state index contributed by atoms with van der Waals surface area (Å²) in [6.07, 6.45) is 1.15. The van der Waals surface area contributed by atoms with Crippen LogP contribution in [0.1, 0.15) is 30.7 Å². The number of hydrogen-bond donors (Lipinski definition) is 1. The van der Waals surface area contributed by atoms with Gasteiger partial charge in [-0.2, -0.15) is 0 Å². The summed E-state index contributed by atoms with van der Waals surface area (Å²) < 4.78 is 0. The molecular weight excluding hydrogens is 300 g/mol. The fraction of sp³-hybridized carbons (Fsp3) is 0.412. The number of hydrogen-bond acceptors (Lipinski definition) is 3. The van der Waals surface area contributed by atoms with Crippen LogP contribution in [0.3, 0.4) is 0 Å². The minimum absolute atomic E-state index is 0.800. The average molecular weight is 323 g/mol. The van der Waals surface area contributed by atoms with Crippen LogP contribution in [-0.2, 0) is 13.1 Å². The summed E-state index contributed by atoms with van der Waals surface area (Å²) in [5.74, 6) is 0. The van der Waals surface area contributed by atoms with Crippen LogP contribution in [-0.4, -0.2) is 13.1 Å². The van der Waals surface area contributed by atoms with E-state index in [1.54, 1.807) is 11.3 Å². The molecule has 1 aromatic heterocycles. The normalized spacial score (nSPS) is 10.8. The third-order valence-corrected chi connectivity index (χ3v) is 4.54. The number of thiophene rings is 1. The Morgan fingerprint density at radius 1 is 1.24 bits per heavy atom. The Labute approximate surface area is 136 Å². The number of nitrogens with zero attached hydrogens (tertiary/aromatic N) is 1. The van der Waals surface area contributed by atoms with Crippen LogP contribution in [0.15, 0.2) is 35.7 Å². The largest absolute Gasteiger partial charge is 0.366 e. The van der Waals surface area contributed by atoms with Crippen molar-refractivity contribution >= 4 is 28.6 Å². The van der Waals surface area contributed by atoms with Gasteiger partial charge >= 0.3 is 0 Å². The maximum absolute atomic E-state index is 6.22. The summed E-state index contributed by atoms with van der Waals surface area (Å²) in [5.41, 5.74) is 2.55. The van der Waals surface area contributed by atoms with E-state index in [0.717, 1.165) is 37.6 Å². The number of halogens is 1. The maximum Gasteiger partial charge on any atom is 0.0522 e. The van der Waals surface area contributed by atoms with Crippen LogP contribution >= 0.6 is 22.9 Å². The monoisotopic (exact) mass is 322 g/mol. The fourth-order valence-corrected chi connectivity index (χ4v) is 3.22. The van der Waals surface area contributed by atoms with E-state index in [1.807, 2.05) is 6.07 Å². The van der Waals surface area contributed by atoms with Crippen LogP contribution in [0.2, 0.25) is 5.02 Å². The van der Waals surface area contributed by atoms with Gasteiger partial charge in [-0.3, -0.25) is 0 Å². The molecule has 0 bridgehead atoms. The molecule has 0 aliphatic carbocycles. The van der Waals surface area contributed by atoms with Crippen molar-refractivity contribution in [2.75, 3.05) is 18.0 Å². The van der Waals surface area contributed by atoms with E-state index in [0.29, 0.717) is 0 Å². The second-order valence-corrected chi connectivity index (χ2v) is 6.51. The number of nitrogens with one attached hydrogen (secondary N) is 1. The van der Waals surface area contributed by atoms with Gasteiger partial charge in [-0.1, -0.05) is 30.7 Å². The quantitative estimate of drug-likeness (QED) is 0.693. The molecule has 114 valence electrons. The first-order chi connectivity index (χ1) is 10.2. The lowest BCUT2D eigenvalue weighted by atomic mass is 10.1. The Kier molecular flexibility index (Phi) is 6.55. The molecule has 1 N–H and O–H groups in total. The SMILES string of the molecule is CCCNCc1ccc(Cl)cc1N(CC)Cc1cccs1. The van der Waals surface area contributed by atoms with E-state index in [4.69, 9.17) is 11.6 Å². The van der Waals surface area contributed by atoms with Gasteiger partial charge in [0.25, 0.3) is 0 Å². The van der Waals surface area contributed by atoms with Crippen molar-refractivity contribution in [2.24, 2.45) is 0 Å². The van der Waals surface area contributed by atoms with Crippen LogP contribution in [0.5, 0.6) is 0 Å². The molecule has 0 amide bonds. The highest BCUT2D eigenvalue weighted by Gasteiger charge is 2.11. The minimum atomic E-state index is 0.800. The third-order valence-electron chi connectivity index (χ3n) is 3.44. The molecule has 0 atom stereocenters. The van der Waals surface area contributed by atoms with Crippen molar-refractivity contribution in [1.82, 2.24) is 5.32 Å². The van der Waals surface area contributed by atoms with Gasteiger partial charge in [0, 0.05) is 28.7 Å². The van der Waals surface area contributed by atoms with Crippen molar-refractivity contribution < 1.29 is 0 Å². The van der Waals surface area contributed by atoms with E-state index in [9.17, 15) is 0 Å². The zero-order valence-corrected chi connectivity index (χ0v) is 14.3. The molecule has 0 aliphatic heterocycles. The zero-order valence-electron chi connectivity index (χ0n) is 12.7. The lowest BCUT2D eigenvalue weighted by Gasteiger charge is -2.26. The van der Waals surface area contributed by atoms with Gasteiger partial charge in [0.2, 0.25) is 0 Å². The summed E-state index contributed by atoms with van der Waals surface area (Å²) >= 11 is 8.02. The zero-order chi connectivity index (χ0) is 15.1.